The van der Waals surface area contributed by atoms with Crippen molar-refractivity contribution < 1.29 is 5.11 Å². The quantitative estimate of drug-likeness (QED) is 0.318. The predicted molar refractivity (Wildman–Crippen MR) is 31.2 cm³/mol. The normalized spacial score (nSPS) is 12.1. The Hall–Kier alpha value is -0.970. The molecule has 8 heavy (non-hydrogen) atoms. The Morgan fingerprint density at radius 3 is 2.38 bits per heavy atom. The van der Waals surface area contributed by atoms with Crippen molar-refractivity contribution in [1.82, 2.24) is 0 Å². The molecule has 0 aliphatic rings. The highest BCUT2D eigenvalue weighted by Gasteiger charge is 1.92. The molecule has 2 nitrogen and oxygen atoms in total. The fourth-order valence-corrected chi connectivity index (χ4v) is 0.263. The molecule has 0 atom stereocenters. The molecule has 0 spiro atoms. The summed E-state index contributed by atoms with van der Waals surface area (Å²) in [7, 11) is 0. The maximum Gasteiger partial charge on any atom is 0.193 e. The lowest BCUT2D eigenvalue weighted by molar-refractivity contribution is 0.427. The Balaban J connectivity index is 4.10. The molecule has 0 aromatic rings. The topological polar surface area (TPSA) is 44.0 Å². The van der Waals surface area contributed by atoms with E-state index < -0.39 is 0 Å². The van der Waals surface area contributed by atoms with Gasteiger partial charge in [-0.1, -0.05) is 6.92 Å². The number of rotatable bonds is 1. The van der Waals surface area contributed by atoms with Gasteiger partial charge in [-0.25, -0.2) is 0 Å². The minimum atomic E-state index is -0.146. The first-order valence-corrected chi connectivity index (χ1v) is 2.51. The van der Waals surface area contributed by atoms with Crippen molar-refractivity contribution in [2.24, 2.45) is 0 Å². The van der Waals surface area contributed by atoms with E-state index in [1.807, 2.05) is 6.92 Å². The summed E-state index contributed by atoms with van der Waals surface area (Å²) in [6.07, 6.45) is 0.736. The lowest BCUT2D eigenvalue weighted by Crippen LogP contribution is -1.80. The van der Waals surface area contributed by atoms with Gasteiger partial charge < -0.3 is 5.11 Å². The SMILES string of the molecule is CCC(C)=C(O)C#N. The molecule has 0 unspecified atom stereocenters. The van der Waals surface area contributed by atoms with Gasteiger partial charge in [-0.2, -0.15) is 5.26 Å². The molecule has 1 N–H and O–H groups in total. The molecule has 44 valence electrons. The summed E-state index contributed by atoms with van der Waals surface area (Å²) in [6, 6.07) is 1.65. The van der Waals surface area contributed by atoms with Crippen molar-refractivity contribution in [2.75, 3.05) is 0 Å². The van der Waals surface area contributed by atoms with Crippen molar-refractivity contribution in [3.63, 3.8) is 0 Å². The van der Waals surface area contributed by atoms with Crippen LogP contribution in [-0.4, -0.2) is 5.11 Å². The van der Waals surface area contributed by atoms with Crippen LogP contribution < -0.4 is 0 Å². The zero-order valence-electron chi connectivity index (χ0n) is 5.10. The number of nitrogens with zero attached hydrogens (tertiary/aromatic N) is 1. The van der Waals surface area contributed by atoms with Crippen LogP contribution >= 0.6 is 0 Å². The third-order valence-electron chi connectivity index (χ3n) is 1.04. The summed E-state index contributed by atoms with van der Waals surface area (Å²) in [5, 5.41) is 16.7. The Labute approximate surface area is 49.1 Å². The van der Waals surface area contributed by atoms with Gasteiger partial charge in [-0.15, -0.1) is 0 Å². The summed E-state index contributed by atoms with van der Waals surface area (Å²) in [5.41, 5.74) is 0.743. The third kappa shape index (κ3) is 1.65. The minimum Gasteiger partial charge on any atom is -0.499 e. The summed E-state index contributed by atoms with van der Waals surface area (Å²) in [4.78, 5) is 0. The Kier molecular flexibility index (Phi) is 2.71. The van der Waals surface area contributed by atoms with Crippen LogP contribution in [0.3, 0.4) is 0 Å². The van der Waals surface area contributed by atoms with Gasteiger partial charge in [-0.05, 0) is 18.9 Å². The smallest absolute Gasteiger partial charge is 0.193 e. The molecule has 0 rings (SSSR count). The van der Waals surface area contributed by atoms with E-state index in [1.54, 1.807) is 13.0 Å². The second-order valence-electron chi connectivity index (χ2n) is 1.59. The molecule has 0 radical (unpaired) electrons. The van der Waals surface area contributed by atoms with Crippen LogP contribution in [0.4, 0.5) is 0 Å². The first kappa shape index (κ1) is 7.03. The number of aliphatic hydroxyl groups excluding tert-OH is 1. The largest absolute Gasteiger partial charge is 0.499 e. The molecular weight excluding hydrogens is 102 g/mol. The van der Waals surface area contributed by atoms with E-state index in [9.17, 15) is 0 Å². The summed E-state index contributed by atoms with van der Waals surface area (Å²) in [5.74, 6) is -0.146. The van der Waals surface area contributed by atoms with Gasteiger partial charge in [0.05, 0.1) is 0 Å². The summed E-state index contributed by atoms with van der Waals surface area (Å²) >= 11 is 0. The van der Waals surface area contributed by atoms with Crippen LogP contribution in [0.15, 0.2) is 11.3 Å². The van der Waals surface area contributed by atoms with Crippen molar-refractivity contribution in [3.8, 4) is 6.07 Å². The van der Waals surface area contributed by atoms with E-state index in [-0.39, 0.29) is 5.76 Å². The highest BCUT2D eigenvalue weighted by atomic mass is 16.3. The lowest BCUT2D eigenvalue weighted by atomic mass is 10.2. The van der Waals surface area contributed by atoms with E-state index >= 15 is 0 Å². The van der Waals surface area contributed by atoms with Crippen LogP contribution in [0.25, 0.3) is 0 Å². The molecule has 0 saturated carbocycles. The van der Waals surface area contributed by atoms with Gasteiger partial charge in [-0.3, -0.25) is 0 Å². The molecule has 0 aliphatic carbocycles. The Bertz CT molecular complexity index is 141. The van der Waals surface area contributed by atoms with Gasteiger partial charge in [0.25, 0.3) is 0 Å². The highest BCUT2D eigenvalue weighted by Crippen LogP contribution is 2.01. The molecule has 0 amide bonds. The molecule has 0 aromatic heterocycles. The van der Waals surface area contributed by atoms with Crippen molar-refractivity contribution in [3.05, 3.63) is 11.3 Å². The van der Waals surface area contributed by atoms with E-state index in [0.29, 0.717) is 0 Å². The van der Waals surface area contributed by atoms with Crippen LogP contribution in [0.5, 0.6) is 0 Å². The fourth-order valence-electron chi connectivity index (χ4n) is 0.263. The first-order chi connectivity index (χ1) is 3.72. The Morgan fingerprint density at radius 1 is 1.75 bits per heavy atom. The maximum absolute atomic E-state index is 8.64. The van der Waals surface area contributed by atoms with Crippen molar-refractivity contribution in [2.45, 2.75) is 20.3 Å². The standard InChI is InChI=1S/C6H9NO/c1-3-5(2)6(8)4-7/h8H,3H2,1-2H3. The number of allylic oxidation sites excluding steroid dienone is 2. The third-order valence-corrected chi connectivity index (χ3v) is 1.04. The minimum absolute atomic E-state index is 0.146. The van der Waals surface area contributed by atoms with Crippen LogP contribution in [0.1, 0.15) is 20.3 Å². The van der Waals surface area contributed by atoms with Crippen LogP contribution in [-0.2, 0) is 0 Å². The molecular formula is C6H9NO. The highest BCUT2D eigenvalue weighted by molar-refractivity contribution is 5.18. The average Bonchev–Trinajstić information content (AvgIpc) is 1.84. The number of hydrogen-bond acceptors (Lipinski definition) is 2. The average molecular weight is 111 g/mol. The molecule has 2 heteroatoms. The number of aliphatic hydroxyl groups is 1. The molecule has 0 aromatic carbocycles. The predicted octanol–water partition coefficient (Wildman–Crippen LogP) is 1.75. The van der Waals surface area contributed by atoms with Crippen molar-refractivity contribution >= 4 is 0 Å². The van der Waals surface area contributed by atoms with Gasteiger partial charge in [0.15, 0.2) is 5.76 Å². The molecule has 0 fully saturated rings. The fraction of sp³-hybridized carbons (Fsp3) is 0.500. The second-order valence-corrected chi connectivity index (χ2v) is 1.59. The van der Waals surface area contributed by atoms with Crippen molar-refractivity contribution in [1.29, 1.82) is 5.26 Å². The van der Waals surface area contributed by atoms with Gasteiger partial charge >= 0.3 is 0 Å². The van der Waals surface area contributed by atoms with Crippen LogP contribution in [0, 0.1) is 11.3 Å². The summed E-state index contributed by atoms with van der Waals surface area (Å²) < 4.78 is 0. The summed E-state index contributed by atoms with van der Waals surface area (Å²) in [6.45, 7) is 3.63. The van der Waals surface area contributed by atoms with Gasteiger partial charge in [0.1, 0.15) is 6.07 Å². The van der Waals surface area contributed by atoms with E-state index in [2.05, 4.69) is 0 Å². The zero-order chi connectivity index (χ0) is 6.57. The Morgan fingerprint density at radius 2 is 2.25 bits per heavy atom. The van der Waals surface area contributed by atoms with E-state index in [4.69, 9.17) is 10.4 Å². The molecule has 0 bridgehead atoms. The monoisotopic (exact) mass is 111 g/mol. The van der Waals surface area contributed by atoms with Gasteiger partial charge in [0, 0.05) is 0 Å². The zero-order valence-corrected chi connectivity index (χ0v) is 5.10. The maximum atomic E-state index is 8.64. The number of nitriles is 1. The second kappa shape index (κ2) is 3.09. The number of hydrogen-bond donors (Lipinski definition) is 1. The van der Waals surface area contributed by atoms with E-state index in [1.165, 1.54) is 0 Å². The molecule has 0 saturated heterocycles. The van der Waals surface area contributed by atoms with Crippen LogP contribution in [0.2, 0.25) is 0 Å². The van der Waals surface area contributed by atoms with E-state index in [0.717, 1.165) is 12.0 Å². The van der Waals surface area contributed by atoms with Gasteiger partial charge in [0.2, 0.25) is 0 Å². The molecule has 0 heterocycles. The first-order valence-electron chi connectivity index (χ1n) is 2.51. The molecule has 0 aliphatic heterocycles. The lowest BCUT2D eigenvalue weighted by Gasteiger charge is -1.90.